The minimum absolute atomic E-state index is 0.395. The lowest BCUT2D eigenvalue weighted by Gasteiger charge is -2.30. The number of nitrogens with zero attached hydrogens (tertiary/aromatic N) is 1. The third-order valence-electron chi connectivity index (χ3n) is 13.5. The van der Waals surface area contributed by atoms with Crippen LogP contribution in [0.4, 0.5) is 0 Å². The third kappa shape index (κ3) is 4.86. The SMILES string of the molecule is c1ccc(-c2cc(-c3ccccc3)nc(-c3cccc4c5ccccc5c5ccc(-c6ccc7c(c6)C6(c8ccccc8-c8ccccc86)c6ccccc6-7)cc5c34)c2)cc1. The van der Waals surface area contributed by atoms with Gasteiger partial charge in [-0.1, -0.05) is 200 Å². The Hall–Kier alpha value is -7.87. The fourth-order valence-electron chi connectivity index (χ4n) is 10.9. The van der Waals surface area contributed by atoms with E-state index in [2.05, 4.69) is 224 Å². The Labute approximate surface area is 354 Å². The summed E-state index contributed by atoms with van der Waals surface area (Å²) in [6.45, 7) is 0. The predicted octanol–water partition coefficient (Wildman–Crippen LogP) is 15.6. The van der Waals surface area contributed by atoms with Crippen molar-refractivity contribution in [2.24, 2.45) is 0 Å². The molecule has 0 fully saturated rings. The molecule has 0 saturated carbocycles. The van der Waals surface area contributed by atoms with Crippen molar-refractivity contribution in [3.05, 3.63) is 247 Å². The molecule has 0 aliphatic heterocycles. The van der Waals surface area contributed by atoms with Crippen LogP contribution in [0.3, 0.4) is 0 Å². The first-order chi connectivity index (χ1) is 30.3. The van der Waals surface area contributed by atoms with Gasteiger partial charge < -0.3 is 0 Å². The second kappa shape index (κ2) is 13.1. The monoisotopic (exact) mass is 771 g/mol. The third-order valence-corrected chi connectivity index (χ3v) is 13.5. The molecule has 10 aromatic carbocycles. The fourth-order valence-corrected chi connectivity index (χ4v) is 10.9. The van der Waals surface area contributed by atoms with Crippen LogP contribution in [-0.2, 0) is 5.41 Å². The summed E-state index contributed by atoms with van der Waals surface area (Å²) in [5, 5.41) is 7.42. The molecule has 0 amide bonds. The Morgan fingerprint density at radius 1 is 0.246 bits per heavy atom. The topological polar surface area (TPSA) is 12.9 Å². The van der Waals surface area contributed by atoms with Crippen LogP contribution in [0.1, 0.15) is 22.3 Å². The van der Waals surface area contributed by atoms with E-state index >= 15 is 0 Å². The summed E-state index contributed by atoms with van der Waals surface area (Å²) < 4.78 is 0. The molecular weight excluding hydrogens is 735 g/mol. The molecule has 2 aliphatic carbocycles. The zero-order valence-electron chi connectivity index (χ0n) is 33.3. The second-order valence-electron chi connectivity index (χ2n) is 16.5. The molecule has 1 aromatic heterocycles. The molecule has 0 unspecified atom stereocenters. The average Bonchev–Trinajstić information content (AvgIpc) is 3.81. The largest absolute Gasteiger partial charge is 0.248 e. The molecule has 13 rings (SSSR count). The fraction of sp³-hybridized carbons (Fsp3) is 0.0167. The van der Waals surface area contributed by atoms with E-state index in [1.807, 2.05) is 0 Å². The van der Waals surface area contributed by atoms with Gasteiger partial charge in [-0.25, -0.2) is 4.98 Å². The van der Waals surface area contributed by atoms with E-state index in [4.69, 9.17) is 4.98 Å². The molecule has 0 atom stereocenters. The predicted molar refractivity (Wildman–Crippen MR) is 255 cm³/mol. The van der Waals surface area contributed by atoms with Gasteiger partial charge in [0.15, 0.2) is 0 Å². The van der Waals surface area contributed by atoms with Gasteiger partial charge in [-0.3, -0.25) is 0 Å². The van der Waals surface area contributed by atoms with Crippen LogP contribution in [0.5, 0.6) is 0 Å². The van der Waals surface area contributed by atoms with Crippen LogP contribution >= 0.6 is 0 Å². The van der Waals surface area contributed by atoms with Gasteiger partial charge in [-0.05, 0) is 123 Å². The first-order valence-corrected chi connectivity index (χ1v) is 21.2. The number of hydrogen-bond donors (Lipinski definition) is 0. The average molecular weight is 772 g/mol. The molecule has 11 aromatic rings. The normalized spacial score (nSPS) is 13.0. The second-order valence-corrected chi connectivity index (χ2v) is 16.5. The molecule has 1 nitrogen and oxygen atoms in total. The van der Waals surface area contributed by atoms with Crippen LogP contribution < -0.4 is 0 Å². The number of rotatable bonds is 4. The molecule has 0 radical (unpaired) electrons. The van der Waals surface area contributed by atoms with Crippen molar-refractivity contribution >= 4 is 32.3 Å². The minimum atomic E-state index is -0.395. The van der Waals surface area contributed by atoms with Crippen LogP contribution in [0, 0.1) is 0 Å². The van der Waals surface area contributed by atoms with Gasteiger partial charge in [0.25, 0.3) is 0 Å². The standard InChI is InChI=1S/C60H37N/c1-3-16-38(17-4-1)42-36-57(39-18-5-2-6-19-39)61-58(37-42)51-26-15-25-50-44-21-8-7-20-43(44)45-32-30-40(34-52(45)59(50)51)41-31-33-49-48-24-11-14-29-55(48)60(56(49)35-41)53-27-12-9-22-46(53)47-23-10-13-28-54(47)60/h1-37H. The molecule has 1 heterocycles. The van der Waals surface area contributed by atoms with Crippen molar-refractivity contribution in [1.82, 2.24) is 4.98 Å². The highest BCUT2D eigenvalue weighted by atomic mass is 14.7. The maximum Gasteiger partial charge on any atom is 0.0725 e. The van der Waals surface area contributed by atoms with Crippen LogP contribution in [-0.4, -0.2) is 4.98 Å². The van der Waals surface area contributed by atoms with E-state index in [1.54, 1.807) is 0 Å². The van der Waals surface area contributed by atoms with Gasteiger partial charge in [0.05, 0.1) is 16.8 Å². The van der Waals surface area contributed by atoms with Crippen LogP contribution in [0.25, 0.3) is 99.3 Å². The van der Waals surface area contributed by atoms with Crippen molar-refractivity contribution < 1.29 is 0 Å². The first kappa shape index (κ1) is 34.0. The van der Waals surface area contributed by atoms with E-state index in [-0.39, 0.29) is 0 Å². The molecule has 2 aliphatic rings. The Balaban J connectivity index is 1.07. The summed E-state index contributed by atoms with van der Waals surface area (Å²) in [6.07, 6.45) is 0. The highest BCUT2D eigenvalue weighted by Crippen LogP contribution is 2.63. The number of hydrogen-bond acceptors (Lipinski definition) is 1. The summed E-state index contributed by atoms with van der Waals surface area (Å²) >= 11 is 0. The van der Waals surface area contributed by atoms with Gasteiger partial charge in [0.2, 0.25) is 0 Å². The van der Waals surface area contributed by atoms with Gasteiger partial charge in [-0.2, -0.15) is 0 Å². The lowest BCUT2D eigenvalue weighted by atomic mass is 9.70. The number of pyridine rings is 1. The Morgan fingerprint density at radius 2 is 0.721 bits per heavy atom. The summed E-state index contributed by atoms with van der Waals surface area (Å²) in [5.74, 6) is 0. The van der Waals surface area contributed by atoms with Gasteiger partial charge in [-0.15, -0.1) is 0 Å². The number of fused-ring (bicyclic) bond motifs is 16. The van der Waals surface area contributed by atoms with Crippen LogP contribution in [0.15, 0.2) is 224 Å². The highest BCUT2D eigenvalue weighted by Gasteiger charge is 2.51. The first-order valence-electron chi connectivity index (χ1n) is 21.2. The van der Waals surface area contributed by atoms with Crippen LogP contribution in [0.2, 0.25) is 0 Å². The van der Waals surface area contributed by atoms with Crippen molar-refractivity contribution in [2.45, 2.75) is 5.41 Å². The van der Waals surface area contributed by atoms with Crippen molar-refractivity contribution in [3.63, 3.8) is 0 Å². The quantitative estimate of drug-likeness (QED) is 0.162. The summed E-state index contributed by atoms with van der Waals surface area (Å²) in [4.78, 5) is 5.45. The van der Waals surface area contributed by atoms with E-state index in [1.165, 1.54) is 93.5 Å². The zero-order chi connectivity index (χ0) is 40.1. The summed E-state index contributed by atoms with van der Waals surface area (Å²) in [7, 11) is 0. The smallest absolute Gasteiger partial charge is 0.0725 e. The Bertz CT molecular complexity index is 3460. The zero-order valence-corrected chi connectivity index (χ0v) is 33.3. The van der Waals surface area contributed by atoms with E-state index < -0.39 is 5.41 Å². The van der Waals surface area contributed by atoms with Gasteiger partial charge >= 0.3 is 0 Å². The molecule has 61 heavy (non-hydrogen) atoms. The van der Waals surface area contributed by atoms with Gasteiger partial charge in [0.1, 0.15) is 0 Å². The molecule has 282 valence electrons. The molecule has 1 heteroatoms. The molecular formula is C60H37N. The van der Waals surface area contributed by atoms with E-state index in [0.717, 1.165) is 28.1 Å². The summed E-state index contributed by atoms with van der Waals surface area (Å²) in [5.41, 5.74) is 19.2. The minimum Gasteiger partial charge on any atom is -0.248 e. The van der Waals surface area contributed by atoms with Crippen molar-refractivity contribution in [3.8, 4) is 67.0 Å². The Kier molecular flexibility index (Phi) is 7.29. The number of aromatic nitrogens is 1. The molecule has 0 N–H and O–H groups in total. The summed E-state index contributed by atoms with van der Waals surface area (Å²) in [6, 6.07) is 82.9. The van der Waals surface area contributed by atoms with Gasteiger partial charge in [0, 0.05) is 11.1 Å². The maximum atomic E-state index is 5.45. The van der Waals surface area contributed by atoms with Crippen molar-refractivity contribution in [1.29, 1.82) is 0 Å². The number of benzene rings is 10. The maximum absolute atomic E-state index is 5.45. The highest BCUT2D eigenvalue weighted by molar-refractivity contribution is 6.28. The lowest BCUT2D eigenvalue weighted by molar-refractivity contribution is 0.794. The lowest BCUT2D eigenvalue weighted by Crippen LogP contribution is -2.25. The van der Waals surface area contributed by atoms with E-state index in [0.29, 0.717) is 0 Å². The van der Waals surface area contributed by atoms with E-state index in [9.17, 15) is 0 Å². The van der Waals surface area contributed by atoms with Crippen molar-refractivity contribution in [2.75, 3.05) is 0 Å². The Morgan fingerprint density at radius 3 is 1.39 bits per heavy atom. The molecule has 1 spiro atoms. The molecule has 0 saturated heterocycles. The molecule has 0 bridgehead atoms.